The average molecular weight is 486 g/mol. The first-order chi connectivity index (χ1) is 16.2. The summed E-state index contributed by atoms with van der Waals surface area (Å²) in [6.45, 7) is 8.88. The third-order valence-electron chi connectivity index (χ3n) is 5.93. The van der Waals surface area contributed by atoms with Gasteiger partial charge < -0.3 is 14.6 Å². The predicted molar refractivity (Wildman–Crippen MR) is 137 cm³/mol. The van der Waals surface area contributed by atoms with E-state index in [-0.39, 0.29) is 11.2 Å². The molecule has 0 saturated heterocycles. The highest BCUT2D eigenvalue weighted by Crippen LogP contribution is 2.36. The van der Waals surface area contributed by atoms with Crippen LogP contribution in [0, 0.1) is 0 Å². The average Bonchev–Trinajstić information content (AvgIpc) is 3.20. The van der Waals surface area contributed by atoms with Crippen LogP contribution in [0.25, 0.3) is 16.7 Å². The number of rotatable bonds is 12. The summed E-state index contributed by atoms with van der Waals surface area (Å²) >= 11 is 6.10. The number of aromatic hydroxyl groups is 1. The fourth-order valence-corrected chi connectivity index (χ4v) is 4.18. The second kappa shape index (κ2) is 11.8. The molecule has 34 heavy (non-hydrogen) atoms. The molecule has 0 spiro atoms. The van der Waals surface area contributed by atoms with E-state index in [9.17, 15) is 9.90 Å². The number of phenols is 1. The number of fused-ring (bicyclic) bond motifs is 1. The maximum Gasteiger partial charge on any atom is 0.149 e. The highest BCUT2D eigenvalue weighted by atomic mass is 35.5. The van der Waals surface area contributed by atoms with Crippen molar-refractivity contribution in [2.24, 2.45) is 0 Å². The largest absolute Gasteiger partial charge is 0.505 e. The van der Waals surface area contributed by atoms with E-state index >= 15 is 0 Å². The number of unbranched alkanes of at least 4 members (excludes halogenated alkanes) is 5. The molecule has 1 N–H and O–H groups in total. The Kier molecular flexibility index (Phi) is 9.09. The Balaban J connectivity index is 1.82. The summed E-state index contributed by atoms with van der Waals surface area (Å²) in [5.41, 5.74) is 3.12. The summed E-state index contributed by atoms with van der Waals surface area (Å²) < 4.78 is 5.88. The number of hydrogen-bond acceptors (Lipinski definition) is 5. The van der Waals surface area contributed by atoms with Gasteiger partial charge in [0.15, 0.2) is 0 Å². The number of hydrogen-bond donors (Lipinski definition) is 1. The van der Waals surface area contributed by atoms with E-state index in [1.165, 1.54) is 30.5 Å². The van der Waals surface area contributed by atoms with Crippen molar-refractivity contribution in [2.75, 3.05) is 6.61 Å². The van der Waals surface area contributed by atoms with E-state index in [0.29, 0.717) is 34.8 Å². The Bertz CT molecular complexity index is 1100. The topological polar surface area (TPSA) is 77.2 Å². The van der Waals surface area contributed by atoms with Gasteiger partial charge in [0.05, 0.1) is 0 Å². The number of carbonyl (C=O) groups excluding carboxylic acids is 1. The second-order valence-corrected chi connectivity index (χ2v) is 10.3. The molecule has 1 aromatic heterocycles. The van der Waals surface area contributed by atoms with Crippen LogP contribution in [0.2, 0.25) is 5.02 Å². The first kappa shape index (κ1) is 26.2. The number of halogens is 1. The highest BCUT2D eigenvalue weighted by molar-refractivity contribution is 6.31. The van der Waals surface area contributed by atoms with Gasteiger partial charge in [0.25, 0.3) is 0 Å². The van der Waals surface area contributed by atoms with Gasteiger partial charge in [-0.3, -0.25) is 0 Å². The quantitative estimate of drug-likeness (QED) is 0.232. The molecular weight excluding hydrogens is 450 g/mol. The molecule has 1 atom stereocenters. The highest BCUT2D eigenvalue weighted by Gasteiger charge is 2.24. The van der Waals surface area contributed by atoms with E-state index in [1.807, 2.05) is 32.9 Å². The van der Waals surface area contributed by atoms with Crippen molar-refractivity contribution >= 4 is 28.9 Å². The number of nitrogens with zero attached hydrogens (tertiary/aromatic N) is 3. The number of aldehydes is 1. The Morgan fingerprint density at radius 1 is 1.06 bits per heavy atom. The van der Waals surface area contributed by atoms with E-state index in [4.69, 9.17) is 16.3 Å². The Morgan fingerprint density at radius 2 is 1.76 bits per heavy atom. The van der Waals surface area contributed by atoms with Crippen molar-refractivity contribution < 1.29 is 14.6 Å². The third-order valence-corrected chi connectivity index (χ3v) is 6.17. The molecule has 6 nitrogen and oxygen atoms in total. The van der Waals surface area contributed by atoms with Gasteiger partial charge in [0.2, 0.25) is 0 Å². The summed E-state index contributed by atoms with van der Waals surface area (Å²) in [5, 5.41) is 20.7. The first-order valence-electron chi connectivity index (χ1n) is 12.2. The number of carbonyl (C=O) groups is 1. The normalized spacial score (nSPS) is 12.9. The molecule has 184 valence electrons. The van der Waals surface area contributed by atoms with Crippen molar-refractivity contribution in [3.8, 4) is 11.4 Å². The minimum Gasteiger partial charge on any atom is -0.505 e. The lowest BCUT2D eigenvalue weighted by Gasteiger charge is -2.23. The van der Waals surface area contributed by atoms with Crippen LogP contribution in [0.15, 0.2) is 30.3 Å². The number of aromatic nitrogens is 3. The SMILES string of the molecule is CCCCCCCCOC(C=O)Cc1cc(-n2nc3ccc(Cl)cc3n2)c(O)c(C(C)(C)C)c1. The minimum absolute atomic E-state index is 0.123. The fourth-order valence-electron chi connectivity index (χ4n) is 4.01. The lowest BCUT2D eigenvalue weighted by Crippen LogP contribution is -2.20. The maximum atomic E-state index is 11.8. The summed E-state index contributed by atoms with van der Waals surface area (Å²) in [5.74, 6) is 0.123. The molecule has 0 aliphatic rings. The molecule has 1 unspecified atom stereocenters. The van der Waals surface area contributed by atoms with Crippen LogP contribution in [-0.2, 0) is 21.4 Å². The Labute approximate surface area is 207 Å². The van der Waals surface area contributed by atoms with Gasteiger partial charge in [0, 0.05) is 23.6 Å². The van der Waals surface area contributed by atoms with Gasteiger partial charge in [-0.2, -0.15) is 0 Å². The van der Waals surface area contributed by atoms with Gasteiger partial charge in [-0.15, -0.1) is 15.0 Å². The van der Waals surface area contributed by atoms with Gasteiger partial charge in [0.1, 0.15) is 34.9 Å². The molecule has 0 amide bonds. The van der Waals surface area contributed by atoms with Gasteiger partial charge in [-0.25, -0.2) is 0 Å². The molecule has 0 aliphatic carbocycles. The van der Waals surface area contributed by atoms with Crippen LogP contribution in [-0.4, -0.2) is 39.1 Å². The summed E-state index contributed by atoms with van der Waals surface area (Å²) in [4.78, 5) is 13.2. The van der Waals surface area contributed by atoms with Gasteiger partial charge >= 0.3 is 0 Å². The second-order valence-electron chi connectivity index (χ2n) is 9.90. The maximum absolute atomic E-state index is 11.8. The van der Waals surface area contributed by atoms with Crippen molar-refractivity contribution in [3.05, 3.63) is 46.5 Å². The smallest absolute Gasteiger partial charge is 0.149 e. The van der Waals surface area contributed by atoms with Crippen molar-refractivity contribution in [2.45, 2.75) is 84.2 Å². The molecule has 3 rings (SSSR count). The molecule has 3 aromatic rings. The van der Waals surface area contributed by atoms with Crippen LogP contribution >= 0.6 is 11.6 Å². The molecular formula is C27H36ClN3O3. The van der Waals surface area contributed by atoms with E-state index in [1.54, 1.807) is 18.2 Å². The third kappa shape index (κ3) is 6.80. The van der Waals surface area contributed by atoms with Gasteiger partial charge in [-0.1, -0.05) is 77.5 Å². The molecule has 1 heterocycles. The van der Waals surface area contributed by atoms with Crippen molar-refractivity contribution in [1.82, 2.24) is 15.0 Å². The molecule has 2 aromatic carbocycles. The molecule has 0 aliphatic heterocycles. The number of phenolic OH excluding ortho intramolecular Hbond substituents is 1. The zero-order valence-electron chi connectivity index (χ0n) is 20.7. The monoisotopic (exact) mass is 485 g/mol. The van der Waals surface area contributed by atoms with Crippen molar-refractivity contribution in [3.63, 3.8) is 0 Å². The molecule has 0 bridgehead atoms. The van der Waals surface area contributed by atoms with E-state index in [0.717, 1.165) is 30.3 Å². The zero-order chi connectivity index (χ0) is 24.7. The number of benzene rings is 2. The van der Waals surface area contributed by atoms with Gasteiger partial charge in [-0.05, 0) is 41.7 Å². The molecule has 0 radical (unpaired) electrons. The molecule has 0 fully saturated rings. The van der Waals surface area contributed by atoms with E-state index in [2.05, 4.69) is 17.1 Å². The minimum atomic E-state index is -0.538. The van der Waals surface area contributed by atoms with Crippen molar-refractivity contribution in [1.29, 1.82) is 0 Å². The van der Waals surface area contributed by atoms with Crippen LogP contribution in [0.1, 0.15) is 77.3 Å². The summed E-state index contributed by atoms with van der Waals surface area (Å²) in [6.07, 6.45) is 7.77. The lowest BCUT2D eigenvalue weighted by molar-refractivity contribution is -0.118. The van der Waals surface area contributed by atoms with Crippen LogP contribution in [0.4, 0.5) is 0 Å². The van der Waals surface area contributed by atoms with Crippen LogP contribution in [0.3, 0.4) is 0 Å². The van der Waals surface area contributed by atoms with E-state index < -0.39 is 6.10 Å². The lowest BCUT2D eigenvalue weighted by atomic mass is 9.84. The first-order valence-corrected chi connectivity index (χ1v) is 12.6. The number of ether oxygens (including phenoxy) is 1. The summed E-state index contributed by atoms with van der Waals surface area (Å²) in [7, 11) is 0. The fraction of sp³-hybridized carbons (Fsp3) is 0.519. The Morgan fingerprint density at radius 3 is 2.47 bits per heavy atom. The molecule has 0 saturated carbocycles. The molecule has 7 heteroatoms. The Hall–Kier alpha value is -2.44. The van der Waals surface area contributed by atoms with Crippen LogP contribution in [0.5, 0.6) is 5.75 Å². The van der Waals surface area contributed by atoms with Crippen LogP contribution < -0.4 is 0 Å². The standard InChI is InChI=1S/C27H36ClN3O3/c1-5-6-7-8-9-10-13-34-21(18-32)14-19-15-22(27(2,3)4)26(33)25(16-19)31-29-23-12-11-20(28)17-24(23)30-31/h11-12,15-18,21,33H,5-10,13-14H2,1-4H3. The predicted octanol–water partition coefficient (Wildman–Crippen LogP) is 6.56. The zero-order valence-corrected chi connectivity index (χ0v) is 21.4. The summed E-state index contributed by atoms with van der Waals surface area (Å²) in [6, 6.07) is 9.07.